The highest BCUT2D eigenvalue weighted by Gasteiger charge is 2.25. The molecular weight excluding hydrogens is 246 g/mol. The number of halogens is 1. The minimum absolute atomic E-state index is 0.570. The van der Waals surface area contributed by atoms with Gasteiger partial charge < -0.3 is 4.90 Å². The second kappa shape index (κ2) is 6.37. The van der Waals surface area contributed by atoms with Gasteiger partial charge in [0.1, 0.15) is 16.8 Å². The molecule has 0 radical (unpaired) electrons. The summed E-state index contributed by atoms with van der Waals surface area (Å²) in [4.78, 5) is 11.3. The van der Waals surface area contributed by atoms with Gasteiger partial charge in [-0.1, -0.05) is 25.4 Å². The van der Waals surface area contributed by atoms with Gasteiger partial charge in [-0.3, -0.25) is 0 Å². The SMILES string of the molecule is CCCc1nc(Cl)cc(N(CCC)CC2CC2)n1. The van der Waals surface area contributed by atoms with Gasteiger partial charge in [-0.2, -0.15) is 0 Å². The summed E-state index contributed by atoms with van der Waals surface area (Å²) < 4.78 is 0. The summed E-state index contributed by atoms with van der Waals surface area (Å²) in [6, 6.07) is 1.90. The molecule has 0 aliphatic heterocycles. The Kier molecular flexibility index (Phi) is 4.81. The molecule has 1 aliphatic rings. The third-order valence-electron chi connectivity index (χ3n) is 3.19. The summed E-state index contributed by atoms with van der Waals surface area (Å²) in [7, 11) is 0. The molecule has 100 valence electrons. The zero-order valence-corrected chi connectivity index (χ0v) is 12.1. The Morgan fingerprint density at radius 2 is 2.06 bits per heavy atom. The van der Waals surface area contributed by atoms with Crippen molar-refractivity contribution >= 4 is 17.4 Å². The number of hydrogen-bond acceptors (Lipinski definition) is 3. The zero-order valence-electron chi connectivity index (χ0n) is 11.3. The fourth-order valence-corrected chi connectivity index (χ4v) is 2.33. The van der Waals surface area contributed by atoms with Crippen LogP contribution in [0.15, 0.2) is 6.07 Å². The van der Waals surface area contributed by atoms with E-state index in [2.05, 4.69) is 28.7 Å². The molecule has 2 rings (SSSR count). The van der Waals surface area contributed by atoms with Gasteiger partial charge in [0.15, 0.2) is 0 Å². The Bertz CT molecular complexity index is 391. The second-order valence-corrected chi connectivity index (χ2v) is 5.49. The van der Waals surface area contributed by atoms with Gasteiger partial charge in [-0.05, 0) is 31.6 Å². The minimum Gasteiger partial charge on any atom is -0.356 e. The number of nitrogens with zero attached hydrogens (tertiary/aromatic N) is 3. The number of rotatable bonds is 7. The molecule has 1 heterocycles. The molecule has 0 unspecified atom stereocenters. The van der Waals surface area contributed by atoms with E-state index in [1.54, 1.807) is 0 Å². The van der Waals surface area contributed by atoms with Crippen molar-refractivity contribution in [2.24, 2.45) is 5.92 Å². The second-order valence-electron chi connectivity index (χ2n) is 5.10. The van der Waals surface area contributed by atoms with E-state index in [-0.39, 0.29) is 0 Å². The predicted molar refractivity (Wildman–Crippen MR) is 76.3 cm³/mol. The van der Waals surface area contributed by atoms with Crippen LogP contribution < -0.4 is 4.90 Å². The molecule has 0 aromatic carbocycles. The summed E-state index contributed by atoms with van der Waals surface area (Å²) >= 11 is 6.10. The average molecular weight is 268 g/mol. The molecule has 0 spiro atoms. The quantitative estimate of drug-likeness (QED) is 0.705. The molecular formula is C14H22ClN3. The maximum atomic E-state index is 6.10. The van der Waals surface area contributed by atoms with E-state index in [1.807, 2.05) is 6.07 Å². The molecule has 1 aliphatic carbocycles. The van der Waals surface area contributed by atoms with Crippen molar-refractivity contribution in [3.8, 4) is 0 Å². The third kappa shape index (κ3) is 3.84. The van der Waals surface area contributed by atoms with E-state index >= 15 is 0 Å². The first kappa shape index (κ1) is 13.6. The normalized spacial score (nSPS) is 14.8. The summed E-state index contributed by atoms with van der Waals surface area (Å²) in [5.74, 6) is 2.74. The van der Waals surface area contributed by atoms with Crippen molar-refractivity contribution < 1.29 is 0 Å². The Balaban J connectivity index is 2.15. The highest BCUT2D eigenvalue weighted by atomic mass is 35.5. The van der Waals surface area contributed by atoms with Crippen LogP contribution >= 0.6 is 11.6 Å². The van der Waals surface area contributed by atoms with E-state index in [1.165, 1.54) is 12.8 Å². The van der Waals surface area contributed by atoms with E-state index in [9.17, 15) is 0 Å². The standard InChI is InChI=1S/C14H22ClN3/c1-3-5-13-16-12(15)9-14(17-13)18(8-4-2)10-11-6-7-11/h9,11H,3-8,10H2,1-2H3. The van der Waals surface area contributed by atoms with Gasteiger partial charge >= 0.3 is 0 Å². The molecule has 1 aromatic heterocycles. The van der Waals surface area contributed by atoms with Crippen LogP contribution in [0, 0.1) is 5.92 Å². The lowest BCUT2D eigenvalue weighted by Crippen LogP contribution is -2.27. The van der Waals surface area contributed by atoms with Gasteiger partial charge in [-0.15, -0.1) is 0 Å². The first-order valence-electron chi connectivity index (χ1n) is 7.01. The highest BCUT2D eigenvalue weighted by molar-refractivity contribution is 6.29. The molecule has 0 atom stereocenters. The average Bonchev–Trinajstić information content (AvgIpc) is 3.12. The van der Waals surface area contributed by atoms with Crippen molar-refractivity contribution in [1.82, 2.24) is 9.97 Å². The number of aromatic nitrogens is 2. The van der Waals surface area contributed by atoms with Crippen molar-refractivity contribution in [2.45, 2.75) is 46.0 Å². The fourth-order valence-electron chi connectivity index (χ4n) is 2.13. The molecule has 0 N–H and O–H groups in total. The monoisotopic (exact) mass is 267 g/mol. The predicted octanol–water partition coefficient (Wildman–Crippen LogP) is 3.71. The lowest BCUT2D eigenvalue weighted by molar-refractivity contribution is 0.692. The molecule has 0 bridgehead atoms. The molecule has 1 fully saturated rings. The van der Waals surface area contributed by atoms with Crippen LogP contribution in [-0.2, 0) is 6.42 Å². The molecule has 4 heteroatoms. The highest BCUT2D eigenvalue weighted by Crippen LogP contribution is 2.31. The zero-order chi connectivity index (χ0) is 13.0. The van der Waals surface area contributed by atoms with Crippen LogP contribution in [0.1, 0.15) is 45.4 Å². The lowest BCUT2D eigenvalue weighted by Gasteiger charge is -2.23. The summed E-state index contributed by atoms with van der Waals surface area (Å²) in [5.41, 5.74) is 0. The molecule has 1 saturated carbocycles. The maximum Gasteiger partial charge on any atom is 0.134 e. The number of aryl methyl sites for hydroxylation is 1. The molecule has 0 saturated heterocycles. The molecule has 1 aromatic rings. The van der Waals surface area contributed by atoms with Crippen LogP contribution in [0.3, 0.4) is 0 Å². The van der Waals surface area contributed by atoms with Crippen molar-refractivity contribution in [1.29, 1.82) is 0 Å². The molecule has 0 amide bonds. The lowest BCUT2D eigenvalue weighted by atomic mass is 10.3. The summed E-state index contributed by atoms with van der Waals surface area (Å²) in [5, 5.41) is 0.570. The van der Waals surface area contributed by atoms with Crippen molar-refractivity contribution in [3.05, 3.63) is 17.0 Å². The van der Waals surface area contributed by atoms with Gasteiger partial charge in [0, 0.05) is 25.6 Å². The van der Waals surface area contributed by atoms with Gasteiger partial charge in [-0.25, -0.2) is 9.97 Å². The third-order valence-corrected chi connectivity index (χ3v) is 3.39. The van der Waals surface area contributed by atoms with E-state index in [0.29, 0.717) is 5.15 Å². The number of hydrogen-bond donors (Lipinski definition) is 0. The van der Waals surface area contributed by atoms with Crippen LogP contribution in [0.2, 0.25) is 5.15 Å². The Hall–Kier alpha value is -0.830. The van der Waals surface area contributed by atoms with Crippen LogP contribution in [0.5, 0.6) is 0 Å². The van der Waals surface area contributed by atoms with Gasteiger partial charge in [0.25, 0.3) is 0 Å². The van der Waals surface area contributed by atoms with E-state index < -0.39 is 0 Å². The van der Waals surface area contributed by atoms with Crippen LogP contribution in [0.4, 0.5) is 5.82 Å². The smallest absolute Gasteiger partial charge is 0.134 e. The molecule has 18 heavy (non-hydrogen) atoms. The Morgan fingerprint density at radius 3 is 2.67 bits per heavy atom. The first-order chi connectivity index (χ1) is 8.72. The van der Waals surface area contributed by atoms with Crippen LogP contribution in [0.25, 0.3) is 0 Å². The summed E-state index contributed by atoms with van der Waals surface area (Å²) in [6.45, 7) is 6.51. The minimum atomic E-state index is 0.570. The van der Waals surface area contributed by atoms with Crippen molar-refractivity contribution in [2.75, 3.05) is 18.0 Å². The Labute approximate surface area is 115 Å². The van der Waals surface area contributed by atoms with Crippen molar-refractivity contribution in [3.63, 3.8) is 0 Å². The largest absolute Gasteiger partial charge is 0.356 e. The van der Waals surface area contributed by atoms with E-state index in [0.717, 1.165) is 49.9 Å². The maximum absolute atomic E-state index is 6.10. The topological polar surface area (TPSA) is 29.0 Å². The molecule has 3 nitrogen and oxygen atoms in total. The van der Waals surface area contributed by atoms with Gasteiger partial charge in [0.05, 0.1) is 0 Å². The fraction of sp³-hybridized carbons (Fsp3) is 0.714. The van der Waals surface area contributed by atoms with E-state index in [4.69, 9.17) is 11.6 Å². The summed E-state index contributed by atoms with van der Waals surface area (Å²) in [6.07, 6.45) is 5.81. The number of anilines is 1. The Morgan fingerprint density at radius 1 is 1.28 bits per heavy atom. The van der Waals surface area contributed by atoms with Crippen LogP contribution in [-0.4, -0.2) is 23.1 Å². The van der Waals surface area contributed by atoms with Gasteiger partial charge in [0.2, 0.25) is 0 Å². The first-order valence-corrected chi connectivity index (χ1v) is 7.39.